The molecule has 0 aliphatic heterocycles. The minimum absolute atomic E-state index is 0.107. The van der Waals surface area contributed by atoms with E-state index in [0.717, 1.165) is 10.6 Å². The molecule has 7 heteroatoms. The summed E-state index contributed by atoms with van der Waals surface area (Å²) in [6, 6.07) is 9.72. The van der Waals surface area contributed by atoms with Crippen molar-refractivity contribution in [2.24, 2.45) is 0 Å². The molecule has 0 spiro atoms. The molecule has 2 aromatic rings. The second-order valence-corrected chi connectivity index (χ2v) is 6.77. The van der Waals surface area contributed by atoms with E-state index in [-0.39, 0.29) is 24.6 Å². The van der Waals surface area contributed by atoms with Gasteiger partial charge in [-0.3, -0.25) is 5.32 Å². The van der Waals surface area contributed by atoms with Crippen molar-refractivity contribution >= 4 is 22.5 Å². The molecule has 6 nitrogen and oxygen atoms in total. The van der Waals surface area contributed by atoms with E-state index in [1.54, 1.807) is 6.08 Å². The van der Waals surface area contributed by atoms with Crippen LogP contribution in [-0.4, -0.2) is 45.9 Å². The minimum Gasteiger partial charge on any atom is -0.395 e. The lowest BCUT2D eigenvalue weighted by atomic mass is 9.85. The van der Waals surface area contributed by atoms with Gasteiger partial charge in [-0.05, 0) is 19.4 Å². The van der Waals surface area contributed by atoms with Crippen LogP contribution in [0.1, 0.15) is 24.4 Å². The molecule has 0 fully saturated rings. The number of aromatic nitrogens is 2. The Morgan fingerprint density at radius 1 is 1.38 bits per heavy atom. The largest absolute Gasteiger partial charge is 0.395 e. The van der Waals surface area contributed by atoms with E-state index in [4.69, 9.17) is 5.11 Å². The van der Waals surface area contributed by atoms with Gasteiger partial charge in [0.25, 0.3) is 0 Å². The molecule has 0 saturated carbocycles. The molecule has 1 aromatic heterocycles. The Kier molecular flexibility index (Phi) is 6.05. The predicted molar refractivity (Wildman–Crippen MR) is 96.4 cm³/mol. The van der Waals surface area contributed by atoms with Crippen LogP contribution in [0.2, 0.25) is 0 Å². The second-order valence-electron chi connectivity index (χ2n) is 5.79. The second kappa shape index (κ2) is 8.03. The summed E-state index contributed by atoms with van der Waals surface area (Å²) in [5, 5.41) is 21.3. The summed E-state index contributed by atoms with van der Waals surface area (Å²) in [5.74, 6) is 0. The van der Waals surface area contributed by atoms with E-state index >= 15 is 0 Å². The number of urea groups is 1. The molecule has 2 amide bonds. The van der Waals surface area contributed by atoms with Gasteiger partial charge in [0, 0.05) is 18.5 Å². The number of carbonyl (C=O) groups excluding carboxylic acids is 1. The van der Waals surface area contributed by atoms with Crippen LogP contribution in [0, 0.1) is 0 Å². The molecule has 0 bridgehead atoms. The standard InChI is InChI=1S/C17H22N4O2S/c1-4-10-21(11-12-22)16(23)18-15-20-19-14(24-15)17(2,3)13-8-6-5-7-9-13/h4-9,22H,1,10-12H2,2-3H3,(H,18,20,23). The van der Waals surface area contributed by atoms with Crippen molar-refractivity contribution in [3.05, 3.63) is 53.6 Å². The summed E-state index contributed by atoms with van der Waals surface area (Å²) in [4.78, 5) is 13.7. The molecule has 2 rings (SSSR count). The van der Waals surface area contributed by atoms with Gasteiger partial charge in [-0.15, -0.1) is 16.8 Å². The first kappa shape index (κ1) is 18.1. The molecule has 1 aromatic carbocycles. The van der Waals surface area contributed by atoms with Crippen LogP contribution >= 0.6 is 11.3 Å². The SMILES string of the molecule is C=CCN(CCO)C(=O)Nc1nnc(C(C)(C)c2ccccc2)s1. The first-order valence-corrected chi connectivity index (χ1v) is 8.48. The maximum absolute atomic E-state index is 12.2. The lowest BCUT2D eigenvalue weighted by Crippen LogP contribution is -2.37. The Balaban J connectivity index is 2.13. The van der Waals surface area contributed by atoms with Gasteiger partial charge in [-0.25, -0.2) is 4.79 Å². The number of benzene rings is 1. The highest BCUT2D eigenvalue weighted by Gasteiger charge is 2.28. The maximum Gasteiger partial charge on any atom is 0.324 e. The highest BCUT2D eigenvalue weighted by molar-refractivity contribution is 7.15. The molecule has 0 aliphatic rings. The number of aliphatic hydroxyl groups excluding tert-OH is 1. The topological polar surface area (TPSA) is 78.4 Å². The number of carbonyl (C=O) groups is 1. The van der Waals surface area contributed by atoms with Crippen LogP contribution in [0.3, 0.4) is 0 Å². The zero-order valence-electron chi connectivity index (χ0n) is 13.9. The average Bonchev–Trinajstić information content (AvgIpc) is 3.04. The molecular formula is C17H22N4O2S. The third kappa shape index (κ3) is 4.18. The summed E-state index contributed by atoms with van der Waals surface area (Å²) in [6.45, 7) is 8.24. The van der Waals surface area contributed by atoms with E-state index in [2.05, 4.69) is 35.9 Å². The minimum atomic E-state index is -0.329. The van der Waals surface area contributed by atoms with Gasteiger partial charge in [-0.1, -0.05) is 47.7 Å². The number of aliphatic hydroxyl groups is 1. The van der Waals surface area contributed by atoms with Gasteiger partial charge in [0.2, 0.25) is 5.13 Å². The van der Waals surface area contributed by atoms with E-state index in [0.29, 0.717) is 11.7 Å². The third-order valence-corrected chi connectivity index (χ3v) is 4.84. The molecule has 0 radical (unpaired) electrons. The molecule has 1 heterocycles. The fourth-order valence-electron chi connectivity index (χ4n) is 2.23. The lowest BCUT2D eigenvalue weighted by Gasteiger charge is -2.21. The highest BCUT2D eigenvalue weighted by atomic mass is 32.1. The van der Waals surface area contributed by atoms with Crippen LogP contribution in [0.15, 0.2) is 43.0 Å². The number of nitrogens with zero attached hydrogens (tertiary/aromatic N) is 3. The highest BCUT2D eigenvalue weighted by Crippen LogP contribution is 2.34. The quantitative estimate of drug-likeness (QED) is 0.756. The molecule has 0 atom stereocenters. The number of rotatable bonds is 7. The summed E-state index contributed by atoms with van der Waals surface area (Å²) in [6.07, 6.45) is 1.61. The van der Waals surface area contributed by atoms with Crippen molar-refractivity contribution in [2.75, 3.05) is 25.0 Å². The first-order valence-electron chi connectivity index (χ1n) is 7.66. The first-order chi connectivity index (χ1) is 11.5. The Bertz CT molecular complexity index is 685. The van der Waals surface area contributed by atoms with E-state index in [9.17, 15) is 4.79 Å². The summed E-state index contributed by atoms with van der Waals surface area (Å²) in [7, 11) is 0. The van der Waals surface area contributed by atoms with Crippen LogP contribution in [0.25, 0.3) is 0 Å². The fraction of sp³-hybridized carbons (Fsp3) is 0.353. The Morgan fingerprint density at radius 3 is 2.71 bits per heavy atom. The number of nitrogens with one attached hydrogen (secondary N) is 1. The molecule has 24 heavy (non-hydrogen) atoms. The van der Waals surface area contributed by atoms with Gasteiger partial charge in [0.05, 0.1) is 6.61 Å². The van der Waals surface area contributed by atoms with Crippen LogP contribution in [-0.2, 0) is 5.41 Å². The molecular weight excluding hydrogens is 324 g/mol. The molecule has 0 aliphatic carbocycles. The molecule has 0 saturated heterocycles. The van der Waals surface area contributed by atoms with Crippen LogP contribution < -0.4 is 5.32 Å². The van der Waals surface area contributed by atoms with Gasteiger partial charge in [0.1, 0.15) is 5.01 Å². The van der Waals surface area contributed by atoms with Crippen molar-refractivity contribution < 1.29 is 9.90 Å². The predicted octanol–water partition coefficient (Wildman–Crippen LogP) is 2.88. The number of anilines is 1. The zero-order chi connectivity index (χ0) is 17.6. The van der Waals surface area contributed by atoms with Gasteiger partial charge in [-0.2, -0.15) is 0 Å². The van der Waals surface area contributed by atoms with Crippen LogP contribution in [0.4, 0.5) is 9.93 Å². The normalized spacial score (nSPS) is 11.1. The summed E-state index contributed by atoms with van der Waals surface area (Å²) in [5.41, 5.74) is 0.834. The average molecular weight is 346 g/mol. The molecule has 2 N–H and O–H groups in total. The van der Waals surface area contributed by atoms with E-state index < -0.39 is 0 Å². The number of hydrogen-bond donors (Lipinski definition) is 2. The monoisotopic (exact) mass is 346 g/mol. The van der Waals surface area contributed by atoms with Gasteiger partial charge in [0.15, 0.2) is 0 Å². The maximum atomic E-state index is 12.2. The smallest absolute Gasteiger partial charge is 0.324 e. The van der Waals surface area contributed by atoms with Crippen molar-refractivity contribution in [1.82, 2.24) is 15.1 Å². The summed E-state index contributed by atoms with van der Waals surface area (Å²) < 4.78 is 0. The number of amides is 2. The fourth-order valence-corrected chi connectivity index (χ4v) is 3.09. The lowest BCUT2D eigenvalue weighted by molar-refractivity contribution is 0.195. The Labute approximate surface area is 145 Å². The van der Waals surface area contributed by atoms with Crippen molar-refractivity contribution in [3.63, 3.8) is 0 Å². The van der Waals surface area contributed by atoms with Crippen LogP contribution in [0.5, 0.6) is 0 Å². The van der Waals surface area contributed by atoms with Gasteiger partial charge < -0.3 is 10.0 Å². The summed E-state index contributed by atoms with van der Waals surface area (Å²) >= 11 is 1.35. The van der Waals surface area contributed by atoms with Gasteiger partial charge >= 0.3 is 6.03 Å². The Morgan fingerprint density at radius 2 is 2.08 bits per heavy atom. The van der Waals surface area contributed by atoms with E-state index in [1.165, 1.54) is 16.2 Å². The number of hydrogen-bond acceptors (Lipinski definition) is 5. The molecule has 0 unspecified atom stereocenters. The zero-order valence-corrected chi connectivity index (χ0v) is 14.7. The van der Waals surface area contributed by atoms with Crippen molar-refractivity contribution in [1.29, 1.82) is 0 Å². The Hall–Kier alpha value is -2.25. The third-order valence-electron chi connectivity index (χ3n) is 3.68. The van der Waals surface area contributed by atoms with Crippen molar-refractivity contribution in [3.8, 4) is 0 Å². The van der Waals surface area contributed by atoms with Crippen molar-refractivity contribution in [2.45, 2.75) is 19.3 Å². The van der Waals surface area contributed by atoms with E-state index in [1.807, 2.05) is 30.3 Å². The molecule has 128 valence electrons.